The van der Waals surface area contributed by atoms with Crippen LogP contribution >= 0.6 is 0 Å². The summed E-state index contributed by atoms with van der Waals surface area (Å²) in [5.74, 6) is 0.495. The molecular weight excluding hydrogens is 568 g/mol. The molecule has 3 aromatic carbocycles. The third-order valence-corrected chi connectivity index (χ3v) is 8.30. The Balaban J connectivity index is 1.36. The van der Waals surface area contributed by atoms with Crippen LogP contribution < -0.4 is 10.1 Å². The highest BCUT2D eigenvalue weighted by molar-refractivity contribution is 5.84. The van der Waals surface area contributed by atoms with E-state index in [1.54, 1.807) is 19.5 Å². The van der Waals surface area contributed by atoms with Crippen LogP contribution in [-0.2, 0) is 19.7 Å². The maximum absolute atomic E-state index is 9.15. The van der Waals surface area contributed by atoms with E-state index in [0.29, 0.717) is 17.0 Å². The molecule has 4 atom stereocenters. The molecule has 2 fully saturated rings. The second kappa shape index (κ2) is 11.4. The van der Waals surface area contributed by atoms with E-state index in [2.05, 4.69) is 46.7 Å². The first-order valence-corrected chi connectivity index (χ1v) is 14.7. The van der Waals surface area contributed by atoms with Gasteiger partial charge in [-0.3, -0.25) is 4.57 Å². The summed E-state index contributed by atoms with van der Waals surface area (Å²) in [6.07, 6.45) is 4.41. The number of hydrogen-bond acceptors (Lipinski definition) is 9. The van der Waals surface area contributed by atoms with Crippen molar-refractivity contribution in [1.82, 2.24) is 19.5 Å². The smallest absolute Gasteiger partial charge is 0.167 e. The Bertz CT molecular complexity index is 1830. The van der Waals surface area contributed by atoms with Crippen molar-refractivity contribution in [2.45, 2.75) is 49.7 Å². The van der Waals surface area contributed by atoms with E-state index in [4.69, 9.17) is 34.2 Å². The summed E-state index contributed by atoms with van der Waals surface area (Å²) in [6, 6.07) is 30.6. The van der Waals surface area contributed by atoms with E-state index in [0.717, 1.165) is 22.4 Å². The van der Waals surface area contributed by atoms with Gasteiger partial charge in [0, 0.05) is 6.08 Å². The highest BCUT2D eigenvalue weighted by Gasteiger charge is 2.55. The minimum absolute atomic E-state index is 0.398. The van der Waals surface area contributed by atoms with Crippen LogP contribution in [0, 0.1) is 11.3 Å². The number of nitrogens with one attached hydrogen (secondary N) is 1. The monoisotopic (exact) mass is 600 g/mol. The Kier molecular flexibility index (Phi) is 7.30. The third-order valence-electron chi connectivity index (χ3n) is 8.30. The lowest BCUT2D eigenvalue weighted by atomic mass is 9.77. The third kappa shape index (κ3) is 5.01. The number of allylic oxidation sites excluding steroid dienone is 1. The van der Waals surface area contributed by atoms with Crippen LogP contribution in [0.15, 0.2) is 110 Å². The number of nitriles is 1. The van der Waals surface area contributed by atoms with Crippen LogP contribution in [0.3, 0.4) is 0 Å². The first kappa shape index (κ1) is 28.7. The molecule has 5 aromatic rings. The van der Waals surface area contributed by atoms with Crippen molar-refractivity contribution >= 4 is 17.0 Å². The number of imidazole rings is 1. The van der Waals surface area contributed by atoms with Gasteiger partial charge in [0.05, 0.1) is 19.5 Å². The molecular formula is C35H32N6O4. The van der Waals surface area contributed by atoms with Gasteiger partial charge in [0.1, 0.15) is 35.9 Å². The average molecular weight is 601 g/mol. The maximum Gasteiger partial charge on any atom is 0.167 e. The molecule has 10 nitrogen and oxygen atoms in total. The van der Waals surface area contributed by atoms with Crippen molar-refractivity contribution in [3.8, 4) is 11.8 Å². The molecule has 0 aliphatic carbocycles. The predicted octanol–water partition coefficient (Wildman–Crippen LogP) is 5.74. The number of anilines is 1. The molecule has 0 unspecified atom stereocenters. The quantitative estimate of drug-likeness (QED) is 0.176. The molecule has 0 saturated carbocycles. The van der Waals surface area contributed by atoms with Crippen molar-refractivity contribution < 1.29 is 18.9 Å². The molecule has 226 valence electrons. The molecule has 0 bridgehead atoms. The van der Waals surface area contributed by atoms with Crippen LogP contribution in [0.5, 0.6) is 5.75 Å². The van der Waals surface area contributed by atoms with E-state index in [1.807, 2.05) is 73.0 Å². The molecule has 10 heteroatoms. The molecule has 4 heterocycles. The maximum atomic E-state index is 9.15. The molecule has 0 amide bonds. The topological polar surface area (TPSA) is 116 Å². The molecule has 2 aromatic heterocycles. The highest BCUT2D eigenvalue weighted by atomic mass is 16.8. The number of methoxy groups -OCH3 is 1. The summed E-state index contributed by atoms with van der Waals surface area (Å²) in [5.41, 5.74) is 3.30. The van der Waals surface area contributed by atoms with E-state index < -0.39 is 35.9 Å². The fraction of sp³-hybridized carbons (Fsp3) is 0.257. The van der Waals surface area contributed by atoms with Gasteiger partial charge in [-0.1, -0.05) is 72.8 Å². The van der Waals surface area contributed by atoms with Gasteiger partial charge in [0.15, 0.2) is 29.0 Å². The lowest BCUT2D eigenvalue weighted by Crippen LogP contribution is -2.38. The lowest BCUT2D eigenvalue weighted by Gasteiger charge is -2.37. The molecule has 7 rings (SSSR count). The first-order valence-electron chi connectivity index (χ1n) is 14.7. The molecule has 0 radical (unpaired) electrons. The Morgan fingerprint density at radius 1 is 0.889 bits per heavy atom. The molecule has 1 N–H and O–H groups in total. The zero-order valence-electron chi connectivity index (χ0n) is 25.1. The second-order valence-corrected chi connectivity index (χ2v) is 11.4. The molecule has 45 heavy (non-hydrogen) atoms. The Labute approximate surface area is 260 Å². The zero-order chi connectivity index (χ0) is 31.0. The minimum Gasteiger partial charge on any atom is -0.497 e. The normalized spacial score (nSPS) is 22.4. The number of ether oxygens (including phenoxy) is 4. The van der Waals surface area contributed by atoms with Gasteiger partial charge in [-0.25, -0.2) is 15.0 Å². The fourth-order valence-electron chi connectivity index (χ4n) is 6.37. The summed E-state index contributed by atoms with van der Waals surface area (Å²) in [7, 11) is 1.66. The van der Waals surface area contributed by atoms with E-state index in [-0.39, 0.29) is 0 Å². The SMILES string of the molecule is COc1ccc(C(Nc2ncnc3c2ncn3[C@@H]2O[C@H](/C=C/C#N)[C@H]3OC(C)(C)O[C@H]32)(c2ccccc2)c2ccccc2)cc1. The number of hydrogen-bond donors (Lipinski definition) is 1. The summed E-state index contributed by atoms with van der Waals surface area (Å²) < 4.78 is 26.2. The number of benzene rings is 3. The van der Waals surface area contributed by atoms with E-state index in [9.17, 15) is 0 Å². The zero-order valence-corrected chi connectivity index (χ0v) is 25.1. The predicted molar refractivity (Wildman–Crippen MR) is 167 cm³/mol. The molecule has 0 spiro atoms. The van der Waals surface area contributed by atoms with Crippen LogP contribution in [0.4, 0.5) is 5.82 Å². The Morgan fingerprint density at radius 2 is 1.53 bits per heavy atom. The largest absolute Gasteiger partial charge is 0.497 e. The second-order valence-electron chi connectivity index (χ2n) is 11.4. The van der Waals surface area contributed by atoms with Crippen LogP contribution in [-0.4, -0.2) is 50.7 Å². The van der Waals surface area contributed by atoms with Gasteiger partial charge >= 0.3 is 0 Å². The highest BCUT2D eigenvalue weighted by Crippen LogP contribution is 2.45. The number of fused-ring (bicyclic) bond motifs is 2. The van der Waals surface area contributed by atoms with Crippen LogP contribution in [0.1, 0.15) is 36.8 Å². The summed E-state index contributed by atoms with van der Waals surface area (Å²) in [6.45, 7) is 3.74. The van der Waals surface area contributed by atoms with Crippen molar-refractivity contribution in [3.05, 3.63) is 126 Å². The van der Waals surface area contributed by atoms with Crippen molar-refractivity contribution in [2.24, 2.45) is 0 Å². The van der Waals surface area contributed by atoms with Crippen LogP contribution in [0.25, 0.3) is 11.2 Å². The van der Waals surface area contributed by atoms with Gasteiger partial charge < -0.3 is 24.3 Å². The number of rotatable bonds is 8. The molecule has 2 aliphatic rings. The first-order chi connectivity index (χ1) is 21.9. The van der Waals surface area contributed by atoms with E-state index >= 15 is 0 Å². The lowest BCUT2D eigenvalue weighted by molar-refractivity contribution is -0.191. The van der Waals surface area contributed by atoms with Gasteiger partial charge in [0.25, 0.3) is 0 Å². The summed E-state index contributed by atoms with van der Waals surface area (Å²) >= 11 is 0. The number of aromatic nitrogens is 4. The number of nitrogens with zero attached hydrogens (tertiary/aromatic N) is 5. The van der Waals surface area contributed by atoms with Crippen molar-refractivity contribution in [2.75, 3.05) is 12.4 Å². The fourth-order valence-corrected chi connectivity index (χ4v) is 6.37. The molecule has 2 aliphatic heterocycles. The minimum atomic E-state index is -0.853. The molecule has 2 saturated heterocycles. The van der Waals surface area contributed by atoms with Gasteiger partial charge in [0.2, 0.25) is 0 Å². The van der Waals surface area contributed by atoms with Gasteiger partial charge in [-0.2, -0.15) is 5.26 Å². The van der Waals surface area contributed by atoms with Crippen molar-refractivity contribution in [3.63, 3.8) is 0 Å². The standard InChI is InChI=1S/C35H32N6O4/c1-34(2)44-29-27(15-10-20-36)43-33(30(29)45-34)41-22-39-28-31(37-21-38-32(28)41)40-35(23-11-6-4-7-12-23,24-13-8-5-9-14-24)25-16-18-26(42-3)19-17-25/h4-19,21-22,27,29-30,33H,1-3H3,(H,37,38,40)/b15-10+/t27-,29-,30-,33-/m1/s1. The van der Waals surface area contributed by atoms with Gasteiger partial charge in [-0.05, 0) is 48.7 Å². The van der Waals surface area contributed by atoms with Crippen molar-refractivity contribution in [1.29, 1.82) is 5.26 Å². The van der Waals surface area contributed by atoms with Crippen LogP contribution in [0.2, 0.25) is 0 Å². The Morgan fingerprint density at radius 3 is 2.18 bits per heavy atom. The van der Waals surface area contributed by atoms with Gasteiger partial charge in [-0.15, -0.1) is 0 Å². The summed E-state index contributed by atoms with van der Waals surface area (Å²) in [5, 5.41) is 13.0. The summed E-state index contributed by atoms with van der Waals surface area (Å²) in [4.78, 5) is 14.2. The average Bonchev–Trinajstić information content (AvgIpc) is 3.74. The van der Waals surface area contributed by atoms with E-state index in [1.165, 1.54) is 12.4 Å². The Hall–Kier alpha value is -5.08.